The van der Waals surface area contributed by atoms with Crippen LogP contribution < -0.4 is 0 Å². The lowest BCUT2D eigenvalue weighted by atomic mass is 9.87. The quantitative estimate of drug-likeness (QED) is 0.549. The first-order valence-corrected chi connectivity index (χ1v) is 9.98. The van der Waals surface area contributed by atoms with Gasteiger partial charge in [-0.05, 0) is 77.0 Å². The van der Waals surface area contributed by atoms with E-state index in [4.69, 9.17) is 9.47 Å². The van der Waals surface area contributed by atoms with Gasteiger partial charge in [-0.3, -0.25) is 9.59 Å². The van der Waals surface area contributed by atoms with Gasteiger partial charge >= 0.3 is 11.9 Å². The molecule has 2 fully saturated rings. The van der Waals surface area contributed by atoms with Gasteiger partial charge in [0.05, 0.1) is 11.8 Å². The van der Waals surface area contributed by atoms with Crippen LogP contribution in [0.5, 0.6) is 0 Å². The minimum Gasteiger partial charge on any atom is -0.455 e. The van der Waals surface area contributed by atoms with Gasteiger partial charge in [0.25, 0.3) is 0 Å². The molecular formula is C22H30O4. The second-order valence-corrected chi connectivity index (χ2v) is 9.64. The molecule has 26 heavy (non-hydrogen) atoms. The van der Waals surface area contributed by atoms with Gasteiger partial charge in [0, 0.05) is 0 Å². The Morgan fingerprint density at radius 1 is 0.692 bits per heavy atom. The van der Waals surface area contributed by atoms with Crippen LogP contribution in [-0.4, -0.2) is 23.1 Å². The summed E-state index contributed by atoms with van der Waals surface area (Å²) in [5, 5.41) is 0. The molecule has 0 aliphatic heterocycles. The van der Waals surface area contributed by atoms with Crippen LogP contribution in [0.4, 0.5) is 0 Å². The first-order valence-electron chi connectivity index (χ1n) is 9.98. The highest BCUT2D eigenvalue weighted by Gasteiger charge is 2.49. The number of ether oxygens (including phenoxy) is 2. The zero-order valence-electron chi connectivity index (χ0n) is 16.2. The van der Waals surface area contributed by atoms with Gasteiger partial charge in [-0.2, -0.15) is 0 Å². The highest BCUT2D eigenvalue weighted by molar-refractivity contribution is 5.76. The van der Waals surface area contributed by atoms with Crippen LogP contribution >= 0.6 is 0 Å². The molecule has 4 rings (SSSR count). The molecule has 0 amide bonds. The van der Waals surface area contributed by atoms with Gasteiger partial charge < -0.3 is 9.47 Å². The summed E-state index contributed by atoms with van der Waals surface area (Å²) in [6, 6.07) is 0. The molecule has 0 aromatic heterocycles. The summed E-state index contributed by atoms with van der Waals surface area (Å²) in [6.07, 6.45) is 12.6. The number of carbonyl (C=O) groups excluding carboxylic acids is 2. The van der Waals surface area contributed by atoms with Gasteiger partial charge in [-0.15, -0.1) is 0 Å². The molecule has 6 unspecified atom stereocenters. The Morgan fingerprint density at radius 3 is 1.35 bits per heavy atom. The normalized spacial score (nSPS) is 37.4. The van der Waals surface area contributed by atoms with Crippen LogP contribution in [0.15, 0.2) is 24.3 Å². The molecule has 0 spiro atoms. The zero-order valence-corrected chi connectivity index (χ0v) is 16.2. The Hall–Kier alpha value is -1.58. The lowest BCUT2D eigenvalue weighted by Crippen LogP contribution is -2.53. The van der Waals surface area contributed by atoms with Crippen LogP contribution in [0.25, 0.3) is 0 Å². The SMILES string of the molecule is CC(C)(OC(=O)C1CC2C=CC1C2)C(C)(C)OC(=O)C1CC2C=CC1C2. The monoisotopic (exact) mass is 358 g/mol. The van der Waals surface area contributed by atoms with Gasteiger partial charge in [0.15, 0.2) is 0 Å². The molecule has 0 radical (unpaired) electrons. The largest absolute Gasteiger partial charge is 0.455 e. The Bertz CT molecular complexity index is 614. The Morgan fingerprint density at radius 2 is 1.08 bits per heavy atom. The summed E-state index contributed by atoms with van der Waals surface area (Å²) in [6.45, 7) is 7.40. The number of esters is 2. The maximum atomic E-state index is 12.7. The van der Waals surface area contributed by atoms with Crippen molar-refractivity contribution >= 4 is 11.9 Å². The number of rotatable bonds is 5. The molecule has 2 saturated carbocycles. The van der Waals surface area contributed by atoms with Gasteiger partial charge in [0.1, 0.15) is 11.2 Å². The van der Waals surface area contributed by atoms with Gasteiger partial charge in [0.2, 0.25) is 0 Å². The summed E-state index contributed by atoms with van der Waals surface area (Å²) < 4.78 is 11.8. The first kappa shape index (κ1) is 17.8. The molecule has 4 aliphatic rings. The van der Waals surface area contributed by atoms with E-state index < -0.39 is 11.2 Å². The van der Waals surface area contributed by atoms with Crippen LogP contribution in [0.2, 0.25) is 0 Å². The molecule has 4 nitrogen and oxygen atoms in total. The second-order valence-electron chi connectivity index (χ2n) is 9.64. The highest BCUT2D eigenvalue weighted by Crippen LogP contribution is 2.46. The molecular weight excluding hydrogens is 328 g/mol. The summed E-state index contributed by atoms with van der Waals surface area (Å²) in [5.41, 5.74) is -1.75. The molecule has 4 aliphatic carbocycles. The van der Waals surface area contributed by atoms with E-state index in [0.29, 0.717) is 23.7 Å². The Labute approximate surface area is 156 Å². The minimum atomic E-state index is -0.876. The number of hydrogen-bond acceptors (Lipinski definition) is 4. The average molecular weight is 358 g/mol. The minimum absolute atomic E-state index is 0.0496. The van der Waals surface area contributed by atoms with Gasteiger partial charge in [-0.1, -0.05) is 24.3 Å². The molecule has 4 bridgehead atoms. The van der Waals surface area contributed by atoms with Crippen molar-refractivity contribution in [1.82, 2.24) is 0 Å². The third-order valence-electron chi connectivity index (χ3n) is 7.32. The van der Waals surface area contributed by atoms with Crippen molar-refractivity contribution in [1.29, 1.82) is 0 Å². The average Bonchev–Trinajstić information content (AvgIpc) is 3.33. The summed E-state index contributed by atoms with van der Waals surface area (Å²) >= 11 is 0. The van der Waals surface area contributed by atoms with Crippen LogP contribution in [0, 0.1) is 35.5 Å². The first-order chi connectivity index (χ1) is 12.2. The molecule has 0 heterocycles. The molecule has 4 heteroatoms. The summed E-state index contributed by atoms with van der Waals surface area (Å²) in [7, 11) is 0. The van der Waals surface area contributed by atoms with Crippen molar-refractivity contribution in [2.75, 3.05) is 0 Å². The summed E-state index contributed by atoms with van der Waals surface area (Å²) in [5.74, 6) is 1.27. The number of carbonyl (C=O) groups is 2. The molecule has 142 valence electrons. The van der Waals surface area contributed by atoms with E-state index >= 15 is 0 Å². The number of fused-ring (bicyclic) bond motifs is 4. The fraction of sp³-hybridized carbons (Fsp3) is 0.727. The smallest absolute Gasteiger partial charge is 0.310 e. The van der Waals surface area contributed by atoms with Gasteiger partial charge in [-0.25, -0.2) is 0 Å². The Kier molecular flexibility index (Phi) is 4.09. The van der Waals surface area contributed by atoms with E-state index in [1.165, 1.54) is 0 Å². The van der Waals surface area contributed by atoms with E-state index in [2.05, 4.69) is 24.3 Å². The zero-order chi connectivity index (χ0) is 18.7. The van der Waals surface area contributed by atoms with Crippen molar-refractivity contribution in [2.24, 2.45) is 35.5 Å². The van der Waals surface area contributed by atoms with E-state index in [9.17, 15) is 9.59 Å². The van der Waals surface area contributed by atoms with E-state index in [1.807, 2.05) is 27.7 Å². The van der Waals surface area contributed by atoms with Crippen LogP contribution in [0.3, 0.4) is 0 Å². The predicted octanol–water partition coefficient (Wildman–Crippen LogP) is 4.05. The highest BCUT2D eigenvalue weighted by atomic mass is 16.6. The standard InChI is InChI=1S/C22H30O4/c1-21(2,25-19(23)17-11-13-5-7-15(17)9-13)22(3,4)26-20(24)18-12-14-6-8-16(18)10-14/h5-8,13-18H,9-12H2,1-4H3. The predicted molar refractivity (Wildman–Crippen MR) is 98.0 cm³/mol. The lowest BCUT2D eigenvalue weighted by molar-refractivity contribution is -0.205. The van der Waals surface area contributed by atoms with Crippen molar-refractivity contribution < 1.29 is 19.1 Å². The summed E-state index contributed by atoms with van der Waals surface area (Å²) in [4.78, 5) is 25.5. The van der Waals surface area contributed by atoms with E-state index in [0.717, 1.165) is 25.7 Å². The third kappa shape index (κ3) is 2.91. The molecule has 0 saturated heterocycles. The molecule has 0 aromatic rings. The maximum Gasteiger partial charge on any atom is 0.310 e. The maximum absolute atomic E-state index is 12.7. The third-order valence-corrected chi connectivity index (χ3v) is 7.32. The van der Waals surface area contributed by atoms with Crippen molar-refractivity contribution in [3.05, 3.63) is 24.3 Å². The fourth-order valence-electron chi connectivity index (χ4n) is 5.00. The number of allylic oxidation sites excluding steroid dienone is 4. The van der Waals surface area contributed by atoms with Crippen molar-refractivity contribution in [2.45, 2.75) is 64.6 Å². The van der Waals surface area contributed by atoms with Crippen molar-refractivity contribution in [3.8, 4) is 0 Å². The molecule has 0 N–H and O–H groups in total. The molecule has 0 aromatic carbocycles. The van der Waals surface area contributed by atoms with Crippen molar-refractivity contribution in [3.63, 3.8) is 0 Å². The molecule has 6 atom stereocenters. The van der Waals surface area contributed by atoms with Crippen LogP contribution in [-0.2, 0) is 19.1 Å². The Balaban J connectivity index is 1.39. The topological polar surface area (TPSA) is 52.6 Å². The van der Waals surface area contributed by atoms with E-state index in [-0.39, 0.29) is 23.8 Å². The lowest BCUT2D eigenvalue weighted by Gasteiger charge is -2.41. The van der Waals surface area contributed by atoms with E-state index in [1.54, 1.807) is 0 Å². The van der Waals surface area contributed by atoms with Crippen LogP contribution in [0.1, 0.15) is 53.4 Å². The second kappa shape index (κ2) is 5.97. The number of hydrogen-bond donors (Lipinski definition) is 0. The fourth-order valence-corrected chi connectivity index (χ4v) is 5.00.